The minimum absolute atomic E-state index is 0.0217. The van der Waals surface area contributed by atoms with E-state index >= 15 is 0 Å². The Morgan fingerprint density at radius 3 is 2.43 bits per heavy atom. The molecule has 2 aromatic carbocycles. The van der Waals surface area contributed by atoms with E-state index in [0.717, 1.165) is 16.7 Å². The van der Waals surface area contributed by atoms with E-state index in [1.165, 1.54) is 0 Å². The van der Waals surface area contributed by atoms with Gasteiger partial charge in [-0.2, -0.15) is 0 Å². The molecule has 3 heteroatoms. The highest BCUT2D eigenvalue weighted by atomic mass is 16.3. The fraction of sp³-hybridized carbons (Fsp3) is 0.278. The molecule has 0 radical (unpaired) electrons. The lowest BCUT2D eigenvalue weighted by molar-refractivity contribution is -0.121. The van der Waals surface area contributed by atoms with Crippen LogP contribution in [0.1, 0.15) is 29.2 Å². The maximum absolute atomic E-state index is 12.2. The predicted octanol–water partition coefficient (Wildman–Crippen LogP) is 2.78. The Morgan fingerprint density at radius 2 is 1.76 bits per heavy atom. The number of hydrogen-bond donors (Lipinski definition) is 2. The second-order valence-corrected chi connectivity index (χ2v) is 5.15. The van der Waals surface area contributed by atoms with Crippen LogP contribution in [-0.2, 0) is 11.2 Å². The van der Waals surface area contributed by atoms with Crippen molar-refractivity contribution in [3.05, 3.63) is 71.3 Å². The second kappa shape index (κ2) is 7.60. The second-order valence-electron chi connectivity index (χ2n) is 5.15. The van der Waals surface area contributed by atoms with Crippen LogP contribution in [0.3, 0.4) is 0 Å². The minimum Gasteiger partial charge on any atom is -0.396 e. The average molecular weight is 283 g/mol. The van der Waals surface area contributed by atoms with Gasteiger partial charge in [-0.25, -0.2) is 0 Å². The van der Waals surface area contributed by atoms with Crippen LogP contribution in [0, 0.1) is 6.92 Å². The summed E-state index contributed by atoms with van der Waals surface area (Å²) < 4.78 is 0. The first-order valence-electron chi connectivity index (χ1n) is 7.20. The van der Waals surface area contributed by atoms with Gasteiger partial charge >= 0.3 is 0 Å². The Hall–Kier alpha value is -2.13. The fourth-order valence-electron chi connectivity index (χ4n) is 2.36. The number of amides is 1. The minimum atomic E-state index is -0.146. The van der Waals surface area contributed by atoms with Crippen LogP contribution >= 0.6 is 0 Å². The molecule has 0 saturated heterocycles. The van der Waals surface area contributed by atoms with Crippen LogP contribution in [0.25, 0.3) is 0 Å². The zero-order chi connectivity index (χ0) is 15.1. The van der Waals surface area contributed by atoms with Gasteiger partial charge < -0.3 is 10.4 Å². The van der Waals surface area contributed by atoms with E-state index in [2.05, 4.69) is 5.32 Å². The van der Waals surface area contributed by atoms with E-state index < -0.39 is 0 Å². The van der Waals surface area contributed by atoms with Gasteiger partial charge in [0.2, 0.25) is 5.91 Å². The summed E-state index contributed by atoms with van der Waals surface area (Å²) in [6.07, 6.45) is 0.880. The topological polar surface area (TPSA) is 49.3 Å². The largest absolute Gasteiger partial charge is 0.396 e. The molecule has 0 aliphatic heterocycles. The maximum Gasteiger partial charge on any atom is 0.224 e. The lowest BCUT2D eigenvalue weighted by Crippen LogP contribution is -2.30. The molecule has 1 amide bonds. The number of rotatable bonds is 6. The molecule has 0 bridgehead atoms. The van der Waals surface area contributed by atoms with Crippen LogP contribution in [0.5, 0.6) is 0 Å². The molecule has 2 N–H and O–H groups in total. The Kier molecular flexibility index (Phi) is 5.52. The number of aryl methyl sites for hydroxylation is 1. The summed E-state index contributed by atoms with van der Waals surface area (Å²) in [5.41, 5.74) is 3.17. The van der Waals surface area contributed by atoms with Crippen molar-refractivity contribution in [3.8, 4) is 0 Å². The quantitative estimate of drug-likeness (QED) is 0.856. The molecule has 2 aromatic rings. The van der Waals surface area contributed by atoms with Crippen LogP contribution in [0.2, 0.25) is 0 Å². The lowest BCUT2D eigenvalue weighted by Gasteiger charge is -2.18. The van der Waals surface area contributed by atoms with Crippen LogP contribution in [0.4, 0.5) is 0 Å². The molecule has 0 fully saturated rings. The van der Waals surface area contributed by atoms with Crippen molar-refractivity contribution in [2.24, 2.45) is 0 Å². The number of aliphatic hydroxyl groups is 1. The summed E-state index contributed by atoms with van der Waals surface area (Å²) in [5, 5.41) is 12.2. The normalized spacial score (nSPS) is 11.9. The maximum atomic E-state index is 12.2. The van der Waals surface area contributed by atoms with Gasteiger partial charge in [-0.15, -0.1) is 0 Å². The Bertz CT molecular complexity index is 581. The van der Waals surface area contributed by atoms with Gasteiger partial charge in [-0.3, -0.25) is 4.79 Å². The molecule has 110 valence electrons. The molecule has 21 heavy (non-hydrogen) atoms. The Balaban J connectivity index is 2.04. The molecular formula is C18H21NO2. The third-order valence-electron chi connectivity index (χ3n) is 3.57. The predicted molar refractivity (Wildman–Crippen MR) is 83.9 cm³/mol. The van der Waals surface area contributed by atoms with Gasteiger partial charge in [-0.1, -0.05) is 54.6 Å². The van der Waals surface area contributed by atoms with Crippen molar-refractivity contribution in [2.75, 3.05) is 6.61 Å². The molecule has 0 heterocycles. The first-order valence-corrected chi connectivity index (χ1v) is 7.20. The third kappa shape index (κ3) is 4.43. The molecular weight excluding hydrogens is 262 g/mol. The third-order valence-corrected chi connectivity index (χ3v) is 3.57. The van der Waals surface area contributed by atoms with E-state index in [-0.39, 0.29) is 18.6 Å². The van der Waals surface area contributed by atoms with E-state index in [1.807, 2.05) is 61.5 Å². The average Bonchev–Trinajstić information content (AvgIpc) is 2.50. The Morgan fingerprint density at radius 1 is 1.10 bits per heavy atom. The number of nitrogens with one attached hydrogen (secondary N) is 1. The molecule has 0 aromatic heterocycles. The van der Waals surface area contributed by atoms with Crippen molar-refractivity contribution in [2.45, 2.75) is 25.8 Å². The molecule has 1 atom stereocenters. The summed E-state index contributed by atoms with van der Waals surface area (Å²) in [6.45, 7) is 2.05. The highest BCUT2D eigenvalue weighted by Gasteiger charge is 2.14. The summed E-state index contributed by atoms with van der Waals surface area (Å²) in [4.78, 5) is 12.2. The number of carbonyl (C=O) groups excluding carboxylic acids is 1. The van der Waals surface area contributed by atoms with Gasteiger partial charge in [0, 0.05) is 6.61 Å². The zero-order valence-corrected chi connectivity index (χ0v) is 12.3. The molecule has 1 unspecified atom stereocenters. The van der Waals surface area contributed by atoms with E-state index in [0.29, 0.717) is 12.8 Å². The molecule has 0 aliphatic rings. The first kappa shape index (κ1) is 15.3. The monoisotopic (exact) mass is 283 g/mol. The van der Waals surface area contributed by atoms with Crippen molar-refractivity contribution < 1.29 is 9.90 Å². The summed E-state index contributed by atoms with van der Waals surface area (Å²) in [7, 11) is 0. The molecule has 2 rings (SSSR count). The number of hydrogen-bond acceptors (Lipinski definition) is 2. The van der Waals surface area contributed by atoms with Crippen LogP contribution in [0.15, 0.2) is 54.6 Å². The highest BCUT2D eigenvalue weighted by molar-refractivity contribution is 5.79. The van der Waals surface area contributed by atoms with Gasteiger partial charge in [0.15, 0.2) is 0 Å². The smallest absolute Gasteiger partial charge is 0.224 e. The SMILES string of the molecule is Cc1ccccc1CC(=O)NC(CCO)c1ccccc1. The van der Waals surface area contributed by atoms with E-state index in [9.17, 15) is 9.90 Å². The van der Waals surface area contributed by atoms with Crippen LogP contribution in [-0.4, -0.2) is 17.6 Å². The highest BCUT2D eigenvalue weighted by Crippen LogP contribution is 2.16. The van der Waals surface area contributed by atoms with Crippen molar-refractivity contribution in [1.29, 1.82) is 0 Å². The molecule has 0 spiro atoms. The first-order chi connectivity index (χ1) is 10.2. The number of aliphatic hydroxyl groups excluding tert-OH is 1. The van der Waals surface area contributed by atoms with Gasteiger partial charge in [0.05, 0.1) is 12.5 Å². The standard InChI is InChI=1S/C18H21NO2/c1-14-7-5-6-10-16(14)13-18(21)19-17(11-12-20)15-8-3-2-4-9-15/h2-10,17,20H,11-13H2,1H3,(H,19,21). The summed E-state index contributed by atoms with van der Waals surface area (Å²) >= 11 is 0. The van der Waals surface area contributed by atoms with Gasteiger partial charge in [0.1, 0.15) is 0 Å². The molecule has 0 saturated carbocycles. The Labute approximate surface area is 125 Å². The van der Waals surface area contributed by atoms with E-state index in [4.69, 9.17) is 0 Å². The summed E-state index contributed by atoms with van der Waals surface area (Å²) in [5.74, 6) is -0.0217. The van der Waals surface area contributed by atoms with Crippen molar-refractivity contribution >= 4 is 5.91 Å². The van der Waals surface area contributed by atoms with Crippen molar-refractivity contribution in [3.63, 3.8) is 0 Å². The fourth-order valence-corrected chi connectivity index (χ4v) is 2.36. The lowest BCUT2D eigenvalue weighted by atomic mass is 10.0. The summed E-state index contributed by atoms with van der Waals surface area (Å²) in [6, 6.07) is 17.5. The van der Waals surface area contributed by atoms with Gasteiger partial charge in [-0.05, 0) is 30.0 Å². The van der Waals surface area contributed by atoms with Gasteiger partial charge in [0.25, 0.3) is 0 Å². The number of carbonyl (C=O) groups is 1. The molecule has 0 aliphatic carbocycles. The molecule has 3 nitrogen and oxygen atoms in total. The van der Waals surface area contributed by atoms with Crippen LogP contribution < -0.4 is 5.32 Å². The number of benzene rings is 2. The van der Waals surface area contributed by atoms with E-state index in [1.54, 1.807) is 0 Å². The zero-order valence-electron chi connectivity index (χ0n) is 12.3. The van der Waals surface area contributed by atoms with Crippen molar-refractivity contribution in [1.82, 2.24) is 5.32 Å².